The Morgan fingerprint density at radius 3 is 2.50 bits per heavy atom. The molecule has 0 spiro atoms. The van der Waals surface area contributed by atoms with Gasteiger partial charge in [0.05, 0.1) is 0 Å². The fraction of sp³-hybridized carbons (Fsp3) is 0.444. The lowest BCUT2D eigenvalue weighted by atomic mass is 9.88. The second-order valence-electron chi connectivity index (χ2n) is 4.00. The van der Waals surface area contributed by atoms with Gasteiger partial charge in [-0.25, -0.2) is 18.5 Å². The highest BCUT2D eigenvalue weighted by Crippen LogP contribution is 2.21. The normalized spacial score (nSPS) is 24.9. The molecule has 0 unspecified atom stereocenters. The molecule has 88 valence electrons. The van der Waals surface area contributed by atoms with Gasteiger partial charge < -0.3 is 11.1 Å². The number of nitrogens with zero attached hydrogens (tertiary/aromatic N) is 1. The Kier molecular flexibility index (Phi) is 2.83. The van der Waals surface area contributed by atoms with Crippen molar-refractivity contribution in [2.75, 3.05) is 5.32 Å². The number of anilines is 1. The first-order valence-electron chi connectivity index (χ1n) is 4.96. The number of rotatable bonds is 3. The fourth-order valence-electron chi connectivity index (χ4n) is 1.62. The lowest BCUT2D eigenvalue weighted by molar-refractivity contribution is 0.373. The molecule has 0 amide bonds. The molecule has 16 heavy (non-hydrogen) atoms. The summed E-state index contributed by atoms with van der Waals surface area (Å²) in [5.41, 5.74) is 5.65. The molecule has 1 fully saturated rings. The number of pyridine rings is 1. The lowest BCUT2D eigenvalue weighted by Gasteiger charge is -2.33. The van der Waals surface area contributed by atoms with Gasteiger partial charge in [0.25, 0.3) is 0 Å². The maximum atomic E-state index is 11.0. The molecule has 0 aromatic carbocycles. The van der Waals surface area contributed by atoms with Gasteiger partial charge in [-0.2, -0.15) is 0 Å². The number of aromatic nitrogens is 1. The average molecular weight is 242 g/mol. The fourth-order valence-corrected chi connectivity index (χ4v) is 2.08. The standard InChI is InChI=1S/C9H14N4O2S/c10-6-3-7(4-6)13-9-2-1-8(5-12-9)16(11,14)15/h1-2,5-7H,3-4,10H2,(H,12,13)(H2,11,14,15). The highest BCUT2D eigenvalue weighted by molar-refractivity contribution is 7.89. The van der Waals surface area contributed by atoms with Crippen molar-refractivity contribution >= 4 is 15.8 Å². The molecule has 6 nitrogen and oxygen atoms in total. The average Bonchev–Trinajstić information content (AvgIpc) is 2.15. The first-order valence-corrected chi connectivity index (χ1v) is 6.51. The van der Waals surface area contributed by atoms with Crippen LogP contribution < -0.4 is 16.2 Å². The second-order valence-corrected chi connectivity index (χ2v) is 5.56. The lowest BCUT2D eigenvalue weighted by Crippen LogP contribution is -2.44. The van der Waals surface area contributed by atoms with Crippen molar-refractivity contribution in [3.8, 4) is 0 Å². The van der Waals surface area contributed by atoms with Crippen LogP contribution in [0.3, 0.4) is 0 Å². The van der Waals surface area contributed by atoms with E-state index >= 15 is 0 Å². The Bertz CT molecular complexity index is 465. The van der Waals surface area contributed by atoms with Crippen LogP contribution in [0, 0.1) is 0 Å². The summed E-state index contributed by atoms with van der Waals surface area (Å²) in [7, 11) is -3.66. The Balaban J connectivity index is 2.03. The maximum absolute atomic E-state index is 11.0. The van der Waals surface area contributed by atoms with E-state index in [0.29, 0.717) is 11.9 Å². The molecule has 1 aliphatic carbocycles. The predicted molar refractivity (Wildman–Crippen MR) is 60.2 cm³/mol. The summed E-state index contributed by atoms with van der Waals surface area (Å²) in [5, 5.41) is 8.12. The van der Waals surface area contributed by atoms with Gasteiger partial charge in [-0.1, -0.05) is 0 Å². The van der Waals surface area contributed by atoms with E-state index in [2.05, 4.69) is 10.3 Å². The van der Waals surface area contributed by atoms with Crippen molar-refractivity contribution in [3.63, 3.8) is 0 Å². The summed E-state index contributed by atoms with van der Waals surface area (Å²) in [6.07, 6.45) is 3.08. The van der Waals surface area contributed by atoms with Crippen molar-refractivity contribution in [2.24, 2.45) is 10.9 Å². The minimum atomic E-state index is -3.66. The van der Waals surface area contributed by atoms with Gasteiger partial charge in [-0.15, -0.1) is 0 Å². The van der Waals surface area contributed by atoms with Crippen LogP contribution in [0.5, 0.6) is 0 Å². The molecule has 5 N–H and O–H groups in total. The van der Waals surface area contributed by atoms with E-state index < -0.39 is 10.0 Å². The third kappa shape index (κ3) is 2.49. The molecule has 7 heteroatoms. The molecule has 1 aromatic heterocycles. The summed E-state index contributed by atoms with van der Waals surface area (Å²) in [4.78, 5) is 4.00. The van der Waals surface area contributed by atoms with Crippen molar-refractivity contribution in [1.29, 1.82) is 0 Å². The van der Waals surface area contributed by atoms with Gasteiger partial charge in [0.15, 0.2) is 0 Å². The Hall–Kier alpha value is -1.18. The summed E-state index contributed by atoms with van der Waals surface area (Å²) in [6, 6.07) is 3.64. The summed E-state index contributed by atoms with van der Waals surface area (Å²) in [5.74, 6) is 0.643. The number of nitrogens with one attached hydrogen (secondary N) is 1. The van der Waals surface area contributed by atoms with E-state index in [1.54, 1.807) is 6.07 Å². The van der Waals surface area contributed by atoms with Crippen molar-refractivity contribution in [3.05, 3.63) is 18.3 Å². The Morgan fingerprint density at radius 1 is 1.38 bits per heavy atom. The smallest absolute Gasteiger partial charge is 0.239 e. The van der Waals surface area contributed by atoms with E-state index in [4.69, 9.17) is 10.9 Å². The summed E-state index contributed by atoms with van der Waals surface area (Å²) in [6.45, 7) is 0. The first-order chi connectivity index (χ1) is 7.45. The van der Waals surface area contributed by atoms with Crippen molar-refractivity contribution in [2.45, 2.75) is 29.8 Å². The van der Waals surface area contributed by atoms with Gasteiger partial charge in [-0.05, 0) is 25.0 Å². The molecule has 1 aromatic rings. The van der Waals surface area contributed by atoms with Crippen LogP contribution in [0.15, 0.2) is 23.2 Å². The van der Waals surface area contributed by atoms with Crippen LogP contribution in [-0.4, -0.2) is 25.5 Å². The second kappa shape index (κ2) is 4.00. The zero-order valence-corrected chi connectivity index (χ0v) is 9.44. The highest BCUT2D eigenvalue weighted by atomic mass is 32.2. The Morgan fingerprint density at radius 2 is 2.06 bits per heavy atom. The molecule has 0 bridgehead atoms. The van der Waals surface area contributed by atoms with Crippen LogP contribution in [-0.2, 0) is 10.0 Å². The van der Waals surface area contributed by atoms with Gasteiger partial charge >= 0.3 is 0 Å². The number of nitrogens with two attached hydrogens (primary N) is 2. The zero-order valence-electron chi connectivity index (χ0n) is 8.63. The van der Waals surface area contributed by atoms with Gasteiger partial charge in [0.1, 0.15) is 10.7 Å². The molecular formula is C9H14N4O2S. The molecule has 1 aliphatic rings. The number of hydrogen-bond donors (Lipinski definition) is 3. The SMILES string of the molecule is NC1CC(Nc2ccc(S(N)(=O)=O)cn2)C1. The molecular weight excluding hydrogens is 228 g/mol. The Labute approximate surface area is 94.1 Å². The van der Waals surface area contributed by atoms with Crippen LogP contribution in [0.4, 0.5) is 5.82 Å². The largest absolute Gasteiger partial charge is 0.367 e. The van der Waals surface area contributed by atoms with Gasteiger partial charge in [0, 0.05) is 18.3 Å². The van der Waals surface area contributed by atoms with E-state index in [1.165, 1.54) is 12.3 Å². The minimum Gasteiger partial charge on any atom is -0.367 e. The quantitative estimate of drug-likeness (QED) is 0.669. The summed E-state index contributed by atoms with van der Waals surface area (Å²) >= 11 is 0. The van der Waals surface area contributed by atoms with Gasteiger partial charge in [0.2, 0.25) is 10.0 Å². The number of hydrogen-bond acceptors (Lipinski definition) is 5. The van der Waals surface area contributed by atoms with Crippen LogP contribution in [0.2, 0.25) is 0 Å². The molecule has 1 heterocycles. The van der Waals surface area contributed by atoms with Crippen LogP contribution >= 0.6 is 0 Å². The monoisotopic (exact) mass is 242 g/mol. The van der Waals surface area contributed by atoms with Crippen molar-refractivity contribution in [1.82, 2.24) is 4.98 Å². The topological polar surface area (TPSA) is 111 Å². The first kappa shape index (κ1) is 11.3. The predicted octanol–water partition coefficient (Wildman–Crippen LogP) is -0.369. The maximum Gasteiger partial charge on any atom is 0.239 e. The molecule has 0 radical (unpaired) electrons. The van der Waals surface area contributed by atoms with E-state index in [0.717, 1.165) is 12.8 Å². The third-order valence-electron chi connectivity index (χ3n) is 2.59. The highest BCUT2D eigenvalue weighted by Gasteiger charge is 2.25. The number of primary sulfonamides is 1. The third-order valence-corrected chi connectivity index (χ3v) is 3.49. The van der Waals surface area contributed by atoms with E-state index in [1.807, 2.05) is 0 Å². The van der Waals surface area contributed by atoms with E-state index in [9.17, 15) is 8.42 Å². The van der Waals surface area contributed by atoms with Crippen LogP contribution in [0.25, 0.3) is 0 Å². The van der Waals surface area contributed by atoms with Crippen LogP contribution in [0.1, 0.15) is 12.8 Å². The molecule has 0 atom stereocenters. The van der Waals surface area contributed by atoms with E-state index in [-0.39, 0.29) is 10.9 Å². The summed E-state index contributed by atoms with van der Waals surface area (Å²) < 4.78 is 22.0. The molecule has 2 rings (SSSR count). The van der Waals surface area contributed by atoms with Crippen molar-refractivity contribution < 1.29 is 8.42 Å². The molecule has 0 aliphatic heterocycles. The van der Waals surface area contributed by atoms with Gasteiger partial charge in [-0.3, -0.25) is 0 Å². The molecule has 0 saturated heterocycles. The zero-order chi connectivity index (χ0) is 11.8. The molecule has 1 saturated carbocycles. The number of sulfonamides is 1. The minimum absolute atomic E-state index is 0.0170.